The predicted molar refractivity (Wildman–Crippen MR) is 130 cm³/mol. The van der Waals surface area contributed by atoms with Crippen LogP contribution in [0.5, 0.6) is 23.4 Å². The summed E-state index contributed by atoms with van der Waals surface area (Å²) in [5.74, 6) is 1.95. The highest BCUT2D eigenvalue weighted by Crippen LogP contribution is 2.34. The number of piperidine rings is 1. The molecule has 0 radical (unpaired) electrons. The number of carbonyl (C=O) groups excluding carboxylic acids is 1. The minimum atomic E-state index is -0.0293. The summed E-state index contributed by atoms with van der Waals surface area (Å²) in [5, 5.41) is 0. The van der Waals surface area contributed by atoms with E-state index in [1.807, 2.05) is 36.1 Å². The van der Waals surface area contributed by atoms with Crippen LogP contribution in [0.25, 0.3) is 0 Å². The van der Waals surface area contributed by atoms with Crippen molar-refractivity contribution >= 4 is 5.91 Å². The fraction of sp³-hybridized carbons (Fsp3) is 0.222. The molecule has 35 heavy (non-hydrogen) atoms. The van der Waals surface area contributed by atoms with Crippen molar-refractivity contribution in [1.82, 2.24) is 24.8 Å². The Kier molecular flexibility index (Phi) is 6.61. The zero-order chi connectivity index (χ0) is 24.0. The molecule has 3 heterocycles. The first-order valence-electron chi connectivity index (χ1n) is 11.6. The van der Waals surface area contributed by atoms with Crippen LogP contribution in [0.1, 0.15) is 40.4 Å². The molecule has 0 unspecified atom stereocenters. The first-order valence-corrected chi connectivity index (χ1v) is 11.6. The quantitative estimate of drug-likeness (QED) is 0.386. The second-order valence-electron chi connectivity index (χ2n) is 8.34. The molecule has 0 atom stereocenters. The number of hydrogen-bond donors (Lipinski definition) is 0. The fourth-order valence-electron chi connectivity index (χ4n) is 4.14. The van der Waals surface area contributed by atoms with Crippen molar-refractivity contribution < 1.29 is 14.3 Å². The molecule has 176 valence electrons. The molecule has 1 fully saturated rings. The molecule has 0 bridgehead atoms. The topological polar surface area (TPSA) is 90.3 Å². The lowest BCUT2D eigenvalue weighted by Crippen LogP contribution is -2.38. The number of benzene rings is 2. The van der Waals surface area contributed by atoms with Gasteiger partial charge in [0.05, 0.1) is 0 Å². The van der Waals surface area contributed by atoms with Gasteiger partial charge in [0.2, 0.25) is 5.88 Å². The number of aromatic nitrogens is 4. The molecule has 1 aliphatic heterocycles. The van der Waals surface area contributed by atoms with Gasteiger partial charge >= 0.3 is 6.01 Å². The largest absolute Gasteiger partial charge is 0.437 e. The van der Waals surface area contributed by atoms with Gasteiger partial charge in [-0.2, -0.15) is 0 Å². The third-order valence-electron chi connectivity index (χ3n) is 5.99. The van der Waals surface area contributed by atoms with E-state index in [9.17, 15) is 4.79 Å². The highest BCUT2D eigenvalue weighted by molar-refractivity contribution is 5.94. The van der Waals surface area contributed by atoms with Crippen LogP contribution in [-0.2, 0) is 0 Å². The Bertz CT molecular complexity index is 1310. The summed E-state index contributed by atoms with van der Waals surface area (Å²) >= 11 is 0. The van der Waals surface area contributed by atoms with Gasteiger partial charge in [-0.3, -0.25) is 9.78 Å². The third kappa shape index (κ3) is 5.27. The molecule has 1 aliphatic rings. The highest BCUT2D eigenvalue weighted by Gasteiger charge is 2.28. The number of para-hydroxylation sites is 1. The number of hydrogen-bond acceptors (Lipinski definition) is 7. The van der Waals surface area contributed by atoms with Crippen LogP contribution in [0.4, 0.5) is 0 Å². The van der Waals surface area contributed by atoms with E-state index in [1.54, 1.807) is 55.1 Å². The van der Waals surface area contributed by atoms with Crippen molar-refractivity contribution in [3.63, 3.8) is 0 Å². The molecule has 1 amide bonds. The van der Waals surface area contributed by atoms with Gasteiger partial charge in [-0.05, 0) is 55.7 Å². The zero-order valence-electron chi connectivity index (χ0n) is 19.4. The van der Waals surface area contributed by atoms with E-state index in [1.165, 1.54) is 0 Å². The lowest BCUT2D eigenvalue weighted by atomic mass is 9.93. The molecule has 0 aliphatic carbocycles. The summed E-state index contributed by atoms with van der Waals surface area (Å²) in [6.45, 7) is 3.25. The first-order chi connectivity index (χ1) is 17.2. The normalized spacial score (nSPS) is 13.9. The van der Waals surface area contributed by atoms with Gasteiger partial charge in [-0.15, -0.1) is 0 Å². The fourth-order valence-corrected chi connectivity index (χ4v) is 4.14. The second-order valence-corrected chi connectivity index (χ2v) is 8.34. The number of carbonyl (C=O) groups is 1. The summed E-state index contributed by atoms with van der Waals surface area (Å²) in [6, 6.07) is 16.9. The van der Waals surface area contributed by atoms with Crippen LogP contribution >= 0.6 is 0 Å². The van der Waals surface area contributed by atoms with Gasteiger partial charge in [0, 0.05) is 49.4 Å². The van der Waals surface area contributed by atoms with Crippen molar-refractivity contribution in [3.05, 3.63) is 96.2 Å². The maximum absolute atomic E-state index is 13.2. The molecule has 1 saturated heterocycles. The average molecular weight is 468 g/mol. The van der Waals surface area contributed by atoms with Crippen LogP contribution in [0, 0.1) is 6.92 Å². The van der Waals surface area contributed by atoms with E-state index < -0.39 is 0 Å². The Labute approximate surface area is 203 Å². The smallest absolute Gasteiger partial charge is 0.321 e. The first kappa shape index (κ1) is 22.5. The molecular weight excluding hydrogens is 442 g/mol. The summed E-state index contributed by atoms with van der Waals surface area (Å²) in [4.78, 5) is 32.2. The molecule has 2 aromatic heterocycles. The zero-order valence-corrected chi connectivity index (χ0v) is 19.4. The van der Waals surface area contributed by atoms with Crippen molar-refractivity contribution in [1.29, 1.82) is 0 Å². The third-order valence-corrected chi connectivity index (χ3v) is 5.99. The van der Waals surface area contributed by atoms with E-state index in [4.69, 9.17) is 9.47 Å². The molecule has 5 rings (SSSR count). The molecular formula is C27H25N5O3. The maximum Gasteiger partial charge on any atom is 0.321 e. The minimum Gasteiger partial charge on any atom is -0.437 e. The number of rotatable bonds is 6. The second kappa shape index (κ2) is 10.3. The Morgan fingerprint density at radius 1 is 0.857 bits per heavy atom. The van der Waals surface area contributed by atoms with Crippen LogP contribution in [0.3, 0.4) is 0 Å². The van der Waals surface area contributed by atoms with Gasteiger partial charge in [0.15, 0.2) is 0 Å². The lowest BCUT2D eigenvalue weighted by Gasteiger charge is -2.32. The number of likely N-dealkylation sites (tertiary alicyclic amines) is 1. The van der Waals surface area contributed by atoms with Gasteiger partial charge in [-0.1, -0.05) is 24.3 Å². The van der Waals surface area contributed by atoms with Gasteiger partial charge in [-0.25, -0.2) is 15.0 Å². The molecule has 2 aromatic carbocycles. The Hall–Kier alpha value is -4.33. The summed E-state index contributed by atoms with van der Waals surface area (Å²) in [6.07, 6.45) is 8.11. The predicted octanol–water partition coefficient (Wildman–Crippen LogP) is 5.18. The maximum atomic E-state index is 13.2. The lowest BCUT2D eigenvalue weighted by molar-refractivity contribution is 0.0711. The minimum absolute atomic E-state index is 0.0293. The van der Waals surface area contributed by atoms with E-state index >= 15 is 0 Å². The van der Waals surface area contributed by atoms with Crippen molar-refractivity contribution in [2.24, 2.45) is 0 Å². The van der Waals surface area contributed by atoms with Crippen LogP contribution in [-0.4, -0.2) is 43.8 Å². The van der Waals surface area contributed by atoms with Crippen molar-refractivity contribution in [3.8, 4) is 23.4 Å². The molecule has 0 spiro atoms. The number of aryl methyl sites for hydroxylation is 1. The number of amides is 1. The van der Waals surface area contributed by atoms with E-state index in [2.05, 4.69) is 19.9 Å². The van der Waals surface area contributed by atoms with Crippen LogP contribution in [0.15, 0.2) is 79.4 Å². The Balaban J connectivity index is 1.25. The van der Waals surface area contributed by atoms with E-state index in [0.717, 1.165) is 29.8 Å². The van der Waals surface area contributed by atoms with Crippen molar-refractivity contribution in [2.45, 2.75) is 25.7 Å². The van der Waals surface area contributed by atoms with Crippen LogP contribution < -0.4 is 9.47 Å². The standard InChI is InChI=1S/C27H25N5O3/c1-19-6-2-3-9-23(19)35-25-24(28-14-15-29-25)20-10-16-32(17-11-20)26(33)21-7-4-8-22(18-21)34-27-30-12-5-13-31-27/h2-9,12-15,18,20H,10-11,16-17H2,1H3. The summed E-state index contributed by atoms with van der Waals surface area (Å²) < 4.78 is 11.8. The molecule has 0 N–H and O–H groups in total. The van der Waals surface area contributed by atoms with Gasteiger partial charge < -0.3 is 14.4 Å². The summed E-state index contributed by atoms with van der Waals surface area (Å²) in [5.41, 5.74) is 2.44. The SMILES string of the molecule is Cc1ccccc1Oc1nccnc1C1CCN(C(=O)c2cccc(Oc3ncccn3)c2)CC1. The van der Waals surface area contributed by atoms with E-state index in [-0.39, 0.29) is 17.8 Å². The van der Waals surface area contributed by atoms with E-state index in [0.29, 0.717) is 30.3 Å². The summed E-state index contributed by atoms with van der Waals surface area (Å²) in [7, 11) is 0. The van der Waals surface area contributed by atoms with Crippen LogP contribution in [0.2, 0.25) is 0 Å². The van der Waals surface area contributed by atoms with Gasteiger partial charge in [0.1, 0.15) is 17.2 Å². The number of ether oxygens (including phenoxy) is 2. The molecule has 0 saturated carbocycles. The molecule has 8 heteroatoms. The molecule has 8 nitrogen and oxygen atoms in total. The Morgan fingerprint density at radius 3 is 2.43 bits per heavy atom. The molecule has 4 aromatic rings. The average Bonchev–Trinajstić information content (AvgIpc) is 2.91. The highest BCUT2D eigenvalue weighted by atomic mass is 16.5. The van der Waals surface area contributed by atoms with Crippen molar-refractivity contribution in [2.75, 3.05) is 13.1 Å². The monoisotopic (exact) mass is 467 g/mol. The van der Waals surface area contributed by atoms with Gasteiger partial charge in [0.25, 0.3) is 5.91 Å². The number of nitrogens with zero attached hydrogens (tertiary/aromatic N) is 5. The Morgan fingerprint density at radius 2 is 1.63 bits per heavy atom.